The van der Waals surface area contributed by atoms with E-state index in [0.29, 0.717) is 19.4 Å². The molecule has 0 aliphatic heterocycles. The number of hydrogen-bond donors (Lipinski definition) is 2. The van der Waals surface area contributed by atoms with Crippen LogP contribution in [0.25, 0.3) is 10.9 Å². The number of nitrogens with zero attached hydrogens (tertiary/aromatic N) is 3. The van der Waals surface area contributed by atoms with Gasteiger partial charge in [0.2, 0.25) is 5.91 Å². The Bertz CT molecular complexity index is 1080. The highest BCUT2D eigenvalue weighted by Crippen LogP contribution is 2.21. The fourth-order valence-corrected chi connectivity index (χ4v) is 3.40. The number of amides is 2. The van der Waals surface area contributed by atoms with Gasteiger partial charge >= 0.3 is 0 Å². The van der Waals surface area contributed by atoms with E-state index in [0.717, 1.165) is 34.9 Å². The van der Waals surface area contributed by atoms with Crippen molar-refractivity contribution in [3.05, 3.63) is 65.4 Å². The van der Waals surface area contributed by atoms with Gasteiger partial charge in [-0.3, -0.25) is 14.3 Å². The van der Waals surface area contributed by atoms with Gasteiger partial charge in [0.25, 0.3) is 5.91 Å². The molecule has 2 amide bonds. The standard InChI is InChI=1S/C23H25N5O2/c1-16-10-11-20-18(14-16)21(27-28(20)13-7-3-6-12-24)23(30)26-19(22(25)29)15-17-8-4-2-5-9-17/h2,4-5,8-11,14,19H,3,6-7,13,15H2,1H3,(H2,25,29)(H,26,30). The number of nitrogens with one attached hydrogen (secondary N) is 1. The van der Waals surface area contributed by atoms with Gasteiger partial charge in [0.05, 0.1) is 11.6 Å². The van der Waals surface area contributed by atoms with Gasteiger partial charge < -0.3 is 11.1 Å². The summed E-state index contributed by atoms with van der Waals surface area (Å²) in [5, 5.41) is 16.7. The van der Waals surface area contributed by atoms with Crippen molar-refractivity contribution in [3.8, 4) is 6.07 Å². The quantitative estimate of drug-likeness (QED) is 0.535. The minimum Gasteiger partial charge on any atom is -0.368 e. The number of carbonyl (C=O) groups excluding carboxylic acids is 2. The predicted molar refractivity (Wildman–Crippen MR) is 115 cm³/mol. The van der Waals surface area contributed by atoms with Crippen LogP contribution >= 0.6 is 0 Å². The van der Waals surface area contributed by atoms with Crippen molar-refractivity contribution >= 4 is 22.7 Å². The van der Waals surface area contributed by atoms with Crippen LogP contribution < -0.4 is 11.1 Å². The first-order chi connectivity index (χ1) is 14.5. The molecule has 1 unspecified atom stereocenters. The lowest BCUT2D eigenvalue weighted by atomic mass is 10.0. The maximum atomic E-state index is 13.0. The Morgan fingerprint density at radius 1 is 1.20 bits per heavy atom. The van der Waals surface area contributed by atoms with E-state index in [4.69, 9.17) is 11.0 Å². The molecule has 0 saturated carbocycles. The molecule has 3 N–H and O–H groups in total. The zero-order chi connectivity index (χ0) is 21.5. The van der Waals surface area contributed by atoms with E-state index in [1.165, 1.54) is 0 Å². The molecule has 0 spiro atoms. The van der Waals surface area contributed by atoms with Crippen molar-refractivity contribution in [2.75, 3.05) is 0 Å². The first kappa shape index (κ1) is 21.1. The number of carbonyl (C=O) groups is 2. The number of hydrogen-bond acceptors (Lipinski definition) is 4. The highest BCUT2D eigenvalue weighted by molar-refractivity contribution is 6.06. The second-order valence-electron chi connectivity index (χ2n) is 7.33. The molecule has 30 heavy (non-hydrogen) atoms. The van der Waals surface area contributed by atoms with E-state index in [2.05, 4.69) is 16.5 Å². The van der Waals surface area contributed by atoms with Gasteiger partial charge in [-0.25, -0.2) is 0 Å². The molecule has 0 fully saturated rings. The van der Waals surface area contributed by atoms with E-state index in [9.17, 15) is 9.59 Å². The van der Waals surface area contributed by atoms with Crippen LogP contribution in [0.5, 0.6) is 0 Å². The minimum absolute atomic E-state index is 0.272. The molecule has 7 heteroatoms. The zero-order valence-electron chi connectivity index (χ0n) is 17.0. The molecule has 7 nitrogen and oxygen atoms in total. The number of benzene rings is 2. The van der Waals surface area contributed by atoms with Crippen LogP contribution in [0.3, 0.4) is 0 Å². The molecule has 1 heterocycles. The summed E-state index contributed by atoms with van der Waals surface area (Å²) in [6.07, 6.45) is 2.36. The topological polar surface area (TPSA) is 114 Å². The van der Waals surface area contributed by atoms with E-state index in [-0.39, 0.29) is 5.69 Å². The summed E-state index contributed by atoms with van der Waals surface area (Å²) in [4.78, 5) is 25.0. The number of nitrogens with two attached hydrogens (primary N) is 1. The van der Waals surface area contributed by atoms with Crippen molar-refractivity contribution in [2.24, 2.45) is 5.73 Å². The third-order valence-corrected chi connectivity index (χ3v) is 4.96. The van der Waals surface area contributed by atoms with E-state index < -0.39 is 17.9 Å². The van der Waals surface area contributed by atoms with E-state index in [1.54, 1.807) is 4.68 Å². The van der Waals surface area contributed by atoms with Gasteiger partial charge in [-0.05, 0) is 37.5 Å². The number of primary amides is 1. The Morgan fingerprint density at radius 2 is 1.97 bits per heavy atom. The van der Waals surface area contributed by atoms with Crippen LogP contribution in [0.2, 0.25) is 0 Å². The lowest BCUT2D eigenvalue weighted by molar-refractivity contribution is -0.119. The lowest BCUT2D eigenvalue weighted by Gasteiger charge is -2.15. The summed E-state index contributed by atoms with van der Waals surface area (Å²) in [6, 6.07) is 16.5. The second kappa shape index (κ2) is 9.70. The monoisotopic (exact) mass is 403 g/mol. The molecule has 0 aliphatic carbocycles. The fourth-order valence-electron chi connectivity index (χ4n) is 3.40. The van der Waals surface area contributed by atoms with Crippen molar-refractivity contribution < 1.29 is 9.59 Å². The zero-order valence-corrected chi connectivity index (χ0v) is 17.0. The maximum Gasteiger partial charge on any atom is 0.273 e. The van der Waals surface area contributed by atoms with Gasteiger partial charge in [0, 0.05) is 24.8 Å². The molecule has 1 aromatic heterocycles. The van der Waals surface area contributed by atoms with Gasteiger partial charge in [-0.1, -0.05) is 42.0 Å². The summed E-state index contributed by atoms with van der Waals surface area (Å²) in [7, 11) is 0. The molecular weight excluding hydrogens is 378 g/mol. The van der Waals surface area contributed by atoms with Gasteiger partial charge in [-0.15, -0.1) is 0 Å². The number of nitriles is 1. The smallest absolute Gasteiger partial charge is 0.273 e. The third-order valence-electron chi connectivity index (χ3n) is 4.96. The normalized spacial score (nSPS) is 11.7. The Kier molecular flexibility index (Phi) is 6.81. The molecule has 0 bridgehead atoms. The molecule has 1 atom stereocenters. The molecule has 3 rings (SSSR count). The maximum absolute atomic E-state index is 13.0. The number of aryl methyl sites for hydroxylation is 2. The van der Waals surface area contributed by atoms with Crippen LogP contribution in [0, 0.1) is 18.3 Å². The number of unbranched alkanes of at least 4 members (excludes halogenated alkanes) is 2. The molecule has 0 saturated heterocycles. The minimum atomic E-state index is -0.833. The number of rotatable bonds is 9. The van der Waals surface area contributed by atoms with Crippen molar-refractivity contribution in [2.45, 2.75) is 45.2 Å². The summed E-state index contributed by atoms with van der Waals surface area (Å²) in [5.74, 6) is -1.02. The molecule has 3 aromatic rings. The Balaban J connectivity index is 1.84. The predicted octanol–water partition coefficient (Wildman–Crippen LogP) is 2.87. The first-order valence-electron chi connectivity index (χ1n) is 9.98. The number of aromatic nitrogens is 2. The van der Waals surface area contributed by atoms with E-state index >= 15 is 0 Å². The summed E-state index contributed by atoms with van der Waals surface area (Å²) < 4.78 is 1.79. The molecule has 0 aliphatic rings. The van der Waals surface area contributed by atoms with Crippen molar-refractivity contribution in [1.82, 2.24) is 15.1 Å². The largest absolute Gasteiger partial charge is 0.368 e. The highest BCUT2D eigenvalue weighted by Gasteiger charge is 2.23. The van der Waals surface area contributed by atoms with Crippen LogP contribution in [-0.2, 0) is 17.8 Å². The van der Waals surface area contributed by atoms with Crippen LogP contribution in [0.15, 0.2) is 48.5 Å². The SMILES string of the molecule is Cc1ccc2c(c1)c(C(=O)NC(Cc1ccccc1)C(N)=O)nn2CCCCC#N. The fraction of sp³-hybridized carbons (Fsp3) is 0.304. The van der Waals surface area contributed by atoms with Gasteiger partial charge in [0.15, 0.2) is 5.69 Å². The van der Waals surface area contributed by atoms with Crippen LogP contribution in [0.4, 0.5) is 0 Å². The third kappa shape index (κ3) is 5.03. The molecular formula is C23H25N5O2. The average Bonchev–Trinajstić information content (AvgIpc) is 3.09. The average molecular weight is 403 g/mol. The second-order valence-corrected chi connectivity index (χ2v) is 7.33. The Labute approximate surface area is 175 Å². The van der Waals surface area contributed by atoms with E-state index in [1.807, 2.05) is 55.5 Å². The number of fused-ring (bicyclic) bond motifs is 1. The van der Waals surface area contributed by atoms with Crippen molar-refractivity contribution in [3.63, 3.8) is 0 Å². The Hall–Kier alpha value is -3.66. The Morgan fingerprint density at radius 3 is 2.67 bits per heavy atom. The first-order valence-corrected chi connectivity index (χ1v) is 9.98. The highest BCUT2D eigenvalue weighted by atomic mass is 16.2. The summed E-state index contributed by atoms with van der Waals surface area (Å²) >= 11 is 0. The van der Waals surface area contributed by atoms with Crippen LogP contribution in [0.1, 0.15) is 40.9 Å². The summed E-state index contributed by atoms with van der Waals surface area (Å²) in [6.45, 7) is 2.56. The molecule has 0 radical (unpaired) electrons. The van der Waals surface area contributed by atoms with Crippen molar-refractivity contribution in [1.29, 1.82) is 5.26 Å². The van der Waals surface area contributed by atoms with Crippen LogP contribution in [-0.4, -0.2) is 27.6 Å². The van der Waals surface area contributed by atoms with Gasteiger partial charge in [0.1, 0.15) is 6.04 Å². The lowest BCUT2D eigenvalue weighted by Crippen LogP contribution is -2.46. The molecule has 154 valence electrons. The summed E-state index contributed by atoms with van der Waals surface area (Å²) in [5.41, 5.74) is 8.58. The molecule has 2 aromatic carbocycles. The van der Waals surface area contributed by atoms with Gasteiger partial charge in [-0.2, -0.15) is 10.4 Å².